The average molecular weight is 313 g/mol. The quantitative estimate of drug-likeness (QED) is 0.944. The molecule has 4 nitrogen and oxygen atoms in total. The summed E-state index contributed by atoms with van der Waals surface area (Å²) < 4.78 is 13.0. The second kappa shape index (κ2) is 7.33. The third kappa shape index (κ3) is 4.36. The van der Waals surface area contributed by atoms with Gasteiger partial charge in [0.1, 0.15) is 5.82 Å². The molecule has 3 rings (SSSR count). The average Bonchev–Trinajstić information content (AvgIpc) is 2.58. The Balaban J connectivity index is 1.55. The molecular weight excluding hydrogens is 293 g/mol. The van der Waals surface area contributed by atoms with E-state index in [1.807, 2.05) is 12.1 Å². The zero-order chi connectivity index (χ0) is 16.1. The van der Waals surface area contributed by atoms with E-state index in [0.717, 1.165) is 38.0 Å². The van der Waals surface area contributed by atoms with E-state index in [-0.39, 0.29) is 17.8 Å². The summed E-state index contributed by atoms with van der Waals surface area (Å²) >= 11 is 0. The number of amides is 1. The number of benzene rings is 1. The molecule has 1 saturated heterocycles. The maximum absolute atomic E-state index is 13.0. The molecule has 2 heterocycles. The van der Waals surface area contributed by atoms with E-state index in [4.69, 9.17) is 0 Å². The van der Waals surface area contributed by atoms with Crippen molar-refractivity contribution in [2.45, 2.75) is 25.4 Å². The number of hydrogen-bond donors (Lipinski definition) is 1. The highest BCUT2D eigenvalue weighted by molar-refractivity contribution is 5.94. The van der Waals surface area contributed by atoms with E-state index in [0.29, 0.717) is 5.56 Å². The first-order valence-corrected chi connectivity index (χ1v) is 7.88. The second-order valence-electron chi connectivity index (χ2n) is 5.91. The number of nitrogens with one attached hydrogen (secondary N) is 1. The van der Waals surface area contributed by atoms with Crippen molar-refractivity contribution >= 4 is 5.91 Å². The summed E-state index contributed by atoms with van der Waals surface area (Å²) in [5, 5.41) is 3.09. The highest BCUT2D eigenvalue weighted by Gasteiger charge is 2.21. The molecule has 1 fully saturated rings. The number of aromatic nitrogens is 1. The van der Waals surface area contributed by atoms with Crippen molar-refractivity contribution in [2.24, 2.45) is 0 Å². The molecule has 0 radical (unpaired) electrons. The first kappa shape index (κ1) is 15.6. The third-order valence-corrected chi connectivity index (χ3v) is 4.10. The van der Waals surface area contributed by atoms with Crippen LogP contribution in [0.5, 0.6) is 0 Å². The van der Waals surface area contributed by atoms with Gasteiger partial charge in [0.15, 0.2) is 0 Å². The standard InChI is InChI=1S/C18H20FN3O/c19-16-5-3-14(4-6-16)12-22-11-1-2-17(13-22)21-18(23)15-7-9-20-10-8-15/h3-10,17H,1-2,11-13H2,(H,21,23). The first-order valence-electron chi connectivity index (χ1n) is 7.88. The molecule has 1 aromatic carbocycles. The molecule has 1 aromatic heterocycles. The number of carbonyl (C=O) groups excluding carboxylic acids is 1. The Bertz CT molecular complexity index is 645. The van der Waals surface area contributed by atoms with Crippen LogP contribution in [0.1, 0.15) is 28.8 Å². The molecule has 0 saturated carbocycles. The van der Waals surface area contributed by atoms with Gasteiger partial charge in [-0.3, -0.25) is 14.7 Å². The Morgan fingerprint density at radius 3 is 2.70 bits per heavy atom. The number of pyridine rings is 1. The monoisotopic (exact) mass is 313 g/mol. The summed E-state index contributed by atoms with van der Waals surface area (Å²) in [6.45, 7) is 2.59. The summed E-state index contributed by atoms with van der Waals surface area (Å²) in [5.74, 6) is -0.268. The molecule has 0 aliphatic carbocycles. The van der Waals surface area contributed by atoms with Crippen molar-refractivity contribution in [3.05, 3.63) is 65.7 Å². The zero-order valence-corrected chi connectivity index (χ0v) is 12.9. The van der Waals surface area contributed by atoms with E-state index in [1.165, 1.54) is 12.1 Å². The van der Waals surface area contributed by atoms with Gasteiger partial charge in [-0.05, 0) is 49.2 Å². The number of likely N-dealkylation sites (tertiary alicyclic amines) is 1. The van der Waals surface area contributed by atoms with E-state index >= 15 is 0 Å². The lowest BCUT2D eigenvalue weighted by molar-refractivity contribution is 0.0900. The Hall–Kier alpha value is -2.27. The highest BCUT2D eigenvalue weighted by atomic mass is 19.1. The van der Waals surface area contributed by atoms with Crippen LogP contribution < -0.4 is 5.32 Å². The molecule has 23 heavy (non-hydrogen) atoms. The Morgan fingerprint density at radius 2 is 1.96 bits per heavy atom. The molecule has 1 amide bonds. The molecule has 5 heteroatoms. The minimum atomic E-state index is -0.213. The van der Waals surface area contributed by atoms with Crippen molar-refractivity contribution < 1.29 is 9.18 Å². The summed E-state index contributed by atoms with van der Waals surface area (Å²) in [6.07, 6.45) is 5.27. The van der Waals surface area contributed by atoms with Crippen LogP contribution in [0.15, 0.2) is 48.8 Å². The predicted molar refractivity (Wildman–Crippen MR) is 86.4 cm³/mol. The van der Waals surface area contributed by atoms with Gasteiger partial charge in [0.25, 0.3) is 5.91 Å². The minimum Gasteiger partial charge on any atom is -0.348 e. The maximum Gasteiger partial charge on any atom is 0.251 e. The predicted octanol–water partition coefficient (Wildman–Crippen LogP) is 2.62. The van der Waals surface area contributed by atoms with E-state index < -0.39 is 0 Å². The fourth-order valence-electron chi connectivity index (χ4n) is 2.94. The van der Waals surface area contributed by atoms with Gasteiger partial charge in [-0.25, -0.2) is 4.39 Å². The Labute approximate surface area is 135 Å². The molecular formula is C18H20FN3O. The number of rotatable bonds is 4. The Morgan fingerprint density at radius 1 is 1.22 bits per heavy atom. The summed E-state index contributed by atoms with van der Waals surface area (Å²) in [7, 11) is 0. The molecule has 1 unspecified atom stereocenters. The number of carbonyl (C=O) groups is 1. The molecule has 120 valence electrons. The van der Waals surface area contributed by atoms with Crippen LogP contribution >= 0.6 is 0 Å². The normalized spacial score (nSPS) is 18.6. The lowest BCUT2D eigenvalue weighted by Crippen LogP contribution is -2.47. The Kier molecular flexibility index (Phi) is 4.98. The molecule has 1 N–H and O–H groups in total. The number of halogens is 1. The van der Waals surface area contributed by atoms with Gasteiger partial charge in [0, 0.05) is 37.1 Å². The van der Waals surface area contributed by atoms with Crippen LogP contribution in [-0.2, 0) is 6.54 Å². The largest absolute Gasteiger partial charge is 0.348 e. The highest BCUT2D eigenvalue weighted by Crippen LogP contribution is 2.14. The van der Waals surface area contributed by atoms with Gasteiger partial charge in [-0.15, -0.1) is 0 Å². The van der Waals surface area contributed by atoms with Crippen molar-refractivity contribution in [3.8, 4) is 0 Å². The molecule has 0 bridgehead atoms. The van der Waals surface area contributed by atoms with Gasteiger partial charge in [-0.2, -0.15) is 0 Å². The van der Waals surface area contributed by atoms with Gasteiger partial charge in [0.05, 0.1) is 0 Å². The van der Waals surface area contributed by atoms with Gasteiger partial charge in [-0.1, -0.05) is 12.1 Å². The zero-order valence-electron chi connectivity index (χ0n) is 12.9. The van der Waals surface area contributed by atoms with Crippen molar-refractivity contribution in [3.63, 3.8) is 0 Å². The minimum absolute atomic E-state index is 0.0546. The topological polar surface area (TPSA) is 45.2 Å². The van der Waals surface area contributed by atoms with E-state index in [9.17, 15) is 9.18 Å². The third-order valence-electron chi connectivity index (χ3n) is 4.10. The van der Waals surface area contributed by atoms with Crippen LogP contribution in [-0.4, -0.2) is 34.9 Å². The smallest absolute Gasteiger partial charge is 0.251 e. The SMILES string of the molecule is O=C(NC1CCCN(Cc2ccc(F)cc2)C1)c1ccncc1. The van der Waals surface area contributed by atoms with Gasteiger partial charge < -0.3 is 5.32 Å². The fraction of sp³-hybridized carbons (Fsp3) is 0.333. The molecule has 1 aliphatic heterocycles. The first-order chi connectivity index (χ1) is 11.2. The van der Waals surface area contributed by atoms with Crippen molar-refractivity contribution in [2.75, 3.05) is 13.1 Å². The summed E-state index contributed by atoms with van der Waals surface area (Å²) in [4.78, 5) is 18.4. The molecule has 0 spiro atoms. The molecule has 1 atom stereocenters. The second-order valence-corrected chi connectivity index (χ2v) is 5.91. The van der Waals surface area contributed by atoms with Crippen LogP contribution in [0.25, 0.3) is 0 Å². The van der Waals surface area contributed by atoms with E-state index in [1.54, 1.807) is 24.5 Å². The number of nitrogens with zero attached hydrogens (tertiary/aromatic N) is 2. The number of hydrogen-bond acceptors (Lipinski definition) is 3. The van der Waals surface area contributed by atoms with Crippen LogP contribution in [0.3, 0.4) is 0 Å². The van der Waals surface area contributed by atoms with Gasteiger partial charge >= 0.3 is 0 Å². The van der Waals surface area contributed by atoms with Crippen molar-refractivity contribution in [1.82, 2.24) is 15.2 Å². The number of piperidine rings is 1. The molecule has 2 aromatic rings. The van der Waals surface area contributed by atoms with Crippen molar-refractivity contribution in [1.29, 1.82) is 0 Å². The van der Waals surface area contributed by atoms with Gasteiger partial charge in [0.2, 0.25) is 0 Å². The summed E-state index contributed by atoms with van der Waals surface area (Å²) in [6, 6.07) is 10.2. The van der Waals surface area contributed by atoms with Crippen LogP contribution in [0.4, 0.5) is 4.39 Å². The molecule has 1 aliphatic rings. The lowest BCUT2D eigenvalue weighted by atomic mass is 10.0. The van der Waals surface area contributed by atoms with Crippen LogP contribution in [0, 0.1) is 5.82 Å². The summed E-state index contributed by atoms with van der Waals surface area (Å²) in [5.41, 5.74) is 1.73. The maximum atomic E-state index is 13.0. The van der Waals surface area contributed by atoms with E-state index in [2.05, 4.69) is 15.2 Å². The van der Waals surface area contributed by atoms with Crippen LogP contribution in [0.2, 0.25) is 0 Å². The fourth-order valence-corrected chi connectivity index (χ4v) is 2.94. The lowest BCUT2D eigenvalue weighted by Gasteiger charge is -2.33.